The van der Waals surface area contributed by atoms with E-state index >= 15 is 0 Å². The molecule has 1 spiro atoms. The van der Waals surface area contributed by atoms with Crippen LogP contribution in [-0.4, -0.2) is 47.7 Å². The molecular weight excluding hydrogens is 246 g/mol. The Hall–Kier alpha value is -0.810. The van der Waals surface area contributed by atoms with Crippen molar-refractivity contribution in [2.24, 2.45) is 5.41 Å². The van der Waals surface area contributed by atoms with Gasteiger partial charge in [0.1, 0.15) is 11.8 Å². The second-order valence-electron chi connectivity index (χ2n) is 6.62. The van der Waals surface area contributed by atoms with Crippen LogP contribution in [0.5, 0.6) is 0 Å². The van der Waals surface area contributed by atoms with Crippen LogP contribution in [0.2, 0.25) is 0 Å². The highest BCUT2D eigenvalue weighted by Gasteiger charge is 2.59. The molecule has 1 aliphatic carbocycles. The van der Waals surface area contributed by atoms with Gasteiger partial charge in [0, 0.05) is 18.6 Å². The first-order chi connectivity index (χ1) is 8.88. The molecule has 1 amide bonds. The Morgan fingerprint density at radius 2 is 2.11 bits per heavy atom. The van der Waals surface area contributed by atoms with Gasteiger partial charge in [0.05, 0.1) is 6.61 Å². The molecule has 0 aromatic rings. The van der Waals surface area contributed by atoms with Gasteiger partial charge in [0.2, 0.25) is 0 Å². The lowest BCUT2D eigenvalue weighted by atomic mass is 9.62. The van der Waals surface area contributed by atoms with Gasteiger partial charge in [-0.1, -0.05) is 6.42 Å². The van der Waals surface area contributed by atoms with Crippen LogP contribution in [0.1, 0.15) is 46.5 Å². The highest BCUT2D eigenvalue weighted by Crippen LogP contribution is 2.53. The van der Waals surface area contributed by atoms with Gasteiger partial charge >= 0.3 is 6.09 Å². The number of hydrogen-bond donors (Lipinski definition) is 1. The lowest BCUT2D eigenvalue weighted by Gasteiger charge is -2.60. The maximum atomic E-state index is 12.1. The molecule has 1 atom stereocenters. The quantitative estimate of drug-likeness (QED) is 0.796. The van der Waals surface area contributed by atoms with Gasteiger partial charge in [0.15, 0.2) is 0 Å². The smallest absolute Gasteiger partial charge is 0.412 e. The van der Waals surface area contributed by atoms with Crippen LogP contribution in [0.4, 0.5) is 4.79 Å². The molecule has 0 radical (unpaired) electrons. The average molecular weight is 271 g/mol. The Kier molecular flexibility index (Phi) is 4.06. The fourth-order valence-corrected chi connectivity index (χ4v) is 2.76. The Balaban J connectivity index is 1.91. The molecule has 2 aliphatic rings. The molecule has 1 heterocycles. The number of aliphatic hydroxyl groups is 1. The minimum absolute atomic E-state index is 0.117. The van der Waals surface area contributed by atoms with E-state index in [-0.39, 0.29) is 24.3 Å². The van der Waals surface area contributed by atoms with E-state index < -0.39 is 5.60 Å². The van der Waals surface area contributed by atoms with Crippen LogP contribution in [0.15, 0.2) is 0 Å². The SMILES string of the molecule is CC(C)(C)OC(=O)N1CC2(CCC2)C1OCCCO. The average Bonchev–Trinajstić information content (AvgIpc) is 2.18. The summed E-state index contributed by atoms with van der Waals surface area (Å²) in [6, 6.07) is 0. The van der Waals surface area contributed by atoms with Gasteiger partial charge < -0.3 is 14.6 Å². The Bertz CT molecular complexity index is 333. The first-order valence-electron chi connectivity index (χ1n) is 7.10. The van der Waals surface area contributed by atoms with Crippen molar-refractivity contribution in [1.82, 2.24) is 4.90 Å². The molecule has 19 heavy (non-hydrogen) atoms. The van der Waals surface area contributed by atoms with Gasteiger partial charge in [-0.05, 0) is 40.0 Å². The van der Waals surface area contributed by atoms with Crippen LogP contribution in [-0.2, 0) is 9.47 Å². The number of nitrogens with zero attached hydrogens (tertiary/aromatic N) is 1. The molecule has 2 fully saturated rings. The predicted octanol–water partition coefficient (Wildman–Crippen LogP) is 2.13. The van der Waals surface area contributed by atoms with E-state index in [4.69, 9.17) is 14.6 Å². The monoisotopic (exact) mass is 271 g/mol. The van der Waals surface area contributed by atoms with Crippen molar-refractivity contribution < 1.29 is 19.4 Å². The fraction of sp³-hybridized carbons (Fsp3) is 0.929. The van der Waals surface area contributed by atoms with Crippen LogP contribution < -0.4 is 0 Å². The molecule has 1 N–H and O–H groups in total. The molecular formula is C14H25NO4. The molecule has 5 nitrogen and oxygen atoms in total. The summed E-state index contributed by atoms with van der Waals surface area (Å²) in [5.74, 6) is 0. The number of hydrogen-bond acceptors (Lipinski definition) is 4. The number of aliphatic hydroxyl groups excluding tert-OH is 1. The van der Waals surface area contributed by atoms with Gasteiger partial charge in [-0.3, -0.25) is 4.90 Å². The molecule has 0 bridgehead atoms. The largest absolute Gasteiger partial charge is 0.444 e. The summed E-state index contributed by atoms with van der Waals surface area (Å²) in [4.78, 5) is 13.8. The van der Waals surface area contributed by atoms with E-state index in [2.05, 4.69) is 0 Å². The molecule has 1 saturated carbocycles. The molecule has 1 saturated heterocycles. The third-order valence-electron chi connectivity index (χ3n) is 3.85. The number of carbonyl (C=O) groups is 1. The maximum Gasteiger partial charge on any atom is 0.412 e. The number of carbonyl (C=O) groups excluding carboxylic acids is 1. The van der Waals surface area contributed by atoms with Gasteiger partial charge in [-0.15, -0.1) is 0 Å². The third kappa shape index (κ3) is 3.03. The van der Waals surface area contributed by atoms with Crippen LogP contribution >= 0.6 is 0 Å². The minimum Gasteiger partial charge on any atom is -0.444 e. The molecule has 1 unspecified atom stereocenters. The maximum absolute atomic E-state index is 12.1. The highest BCUT2D eigenvalue weighted by atomic mass is 16.6. The van der Waals surface area contributed by atoms with E-state index in [0.29, 0.717) is 13.0 Å². The van der Waals surface area contributed by atoms with Crippen molar-refractivity contribution in [1.29, 1.82) is 0 Å². The first kappa shape index (κ1) is 14.6. The Morgan fingerprint density at radius 3 is 2.58 bits per heavy atom. The number of ether oxygens (including phenoxy) is 2. The van der Waals surface area contributed by atoms with Crippen molar-refractivity contribution in [3.8, 4) is 0 Å². The van der Waals surface area contributed by atoms with Crippen LogP contribution in [0, 0.1) is 5.41 Å². The second kappa shape index (κ2) is 5.29. The zero-order valence-electron chi connectivity index (χ0n) is 12.1. The number of amides is 1. The Morgan fingerprint density at radius 1 is 1.42 bits per heavy atom. The van der Waals surface area contributed by atoms with E-state index in [1.165, 1.54) is 6.42 Å². The van der Waals surface area contributed by atoms with Gasteiger partial charge in [-0.25, -0.2) is 4.79 Å². The van der Waals surface area contributed by atoms with Crippen molar-refractivity contribution in [3.63, 3.8) is 0 Å². The zero-order valence-corrected chi connectivity index (χ0v) is 12.1. The summed E-state index contributed by atoms with van der Waals surface area (Å²) in [5, 5.41) is 8.81. The summed E-state index contributed by atoms with van der Waals surface area (Å²) in [6.45, 7) is 6.95. The summed E-state index contributed by atoms with van der Waals surface area (Å²) in [6.07, 6.45) is 3.60. The van der Waals surface area contributed by atoms with Crippen molar-refractivity contribution in [2.45, 2.75) is 58.3 Å². The lowest BCUT2D eigenvalue weighted by Crippen LogP contribution is -2.70. The second-order valence-corrected chi connectivity index (χ2v) is 6.62. The normalized spacial score (nSPS) is 24.8. The summed E-state index contributed by atoms with van der Waals surface area (Å²) in [7, 11) is 0. The number of rotatable bonds is 4. The fourth-order valence-electron chi connectivity index (χ4n) is 2.76. The Labute approximate surface area is 114 Å². The molecule has 0 aromatic carbocycles. The van der Waals surface area contributed by atoms with E-state index in [9.17, 15) is 4.79 Å². The van der Waals surface area contributed by atoms with E-state index in [1.807, 2.05) is 20.8 Å². The van der Waals surface area contributed by atoms with Crippen molar-refractivity contribution >= 4 is 6.09 Å². The van der Waals surface area contributed by atoms with E-state index in [1.54, 1.807) is 4.90 Å². The summed E-state index contributed by atoms with van der Waals surface area (Å²) < 4.78 is 11.2. The van der Waals surface area contributed by atoms with Crippen molar-refractivity contribution in [3.05, 3.63) is 0 Å². The molecule has 5 heteroatoms. The van der Waals surface area contributed by atoms with Crippen molar-refractivity contribution in [2.75, 3.05) is 19.8 Å². The van der Waals surface area contributed by atoms with E-state index in [0.717, 1.165) is 19.4 Å². The minimum atomic E-state index is -0.477. The standard InChI is InChI=1S/C14H25NO4/c1-13(2,3)19-12(17)15-10-14(6-4-7-14)11(15)18-9-5-8-16/h11,16H,4-10H2,1-3H3. The molecule has 1 aliphatic heterocycles. The summed E-state index contributed by atoms with van der Waals surface area (Å²) >= 11 is 0. The predicted molar refractivity (Wildman–Crippen MR) is 70.7 cm³/mol. The third-order valence-corrected chi connectivity index (χ3v) is 3.85. The van der Waals surface area contributed by atoms with Crippen LogP contribution in [0.25, 0.3) is 0 Å². The highest BCUT2D eigenvalue weighted by molar-refractivity contribution is 5.70. The topological polar surface area (TPSA) is 59.0 Å². The van der Waals surface area contributed by atoms with Gasteiger partial charge in [-0.2, -0.15) is 0 Å². The number of likely N-dealkylation sites (tertiary alicyclic amines) is 1. The molecule has 110 valence electrons. The van der Waals surface area contributed by atoms with Gasteiger partial charge in [0.25, 0.3) is 0 Å². The molecule has 0 aromatic heterocycles. The zero-order chi connectivity index (χ0) is 14.1. The van der Waals surface area contributed by atoms with Crippen LogP contribution in [0.3, 0.4) is 0 Å². The lowest BCUT2D eigenvalue weighted by molar-refractivity contribution is -0.238. The molecule has 2 rings (SSSR count). The summed E-state index contributed by atoms with van der Waals surface area (Å²) in [5.41, 5.74) is -0.318. The first-order valence-corrected chi connectivity index (χ1v) is 7.10.